The van der Waals surface area contributed by atoms with Crippen molar-refractivity contribution in [3.63, 3.8) is 0 Å². The topological polar surface area (TPSA) is 137 Å². The standard InChI is InChI=1S/C17H20N4O7S3/c1-3-31(24,25)21(11-4-5-12-13(8-11)28-7-6-27-12)9-14(22)18-16-19-20-17(30-16)29-10-15(23)26-2/h4-5,8H,3,6-7,9-10H2,1-2H3,(H,18,19,22). The average Bonchev–Trinajstić information content (AvgIpc) is 3.22. The highest BCUT2D eigenvalue weighted by atomic mass is 32.2. The zero-order chi connectivity index (χ0) is 22.4. The van der Waals surface area contributed by atoms with Crippen LogP contribution in [0, 0.1) is 0 Å². The highest BCUT2D eigenvalue weighted by Gasteiger charge is 2.26. The quantitative estimate of drug-likeness (QED) is 0.313. The van der Waals surface area contributed by atoms with E-state index < -0.39 is 28.4 Å². The molecule has 31 heavy (non-hydrogen) atoms. The Labute approximate surface area is 187 Å². The number of aromatic nitrogens is 2. The molecule has 14 heteroatoms. The fraction of sp³-hybridized carbons (Fsp3) is 0.412. The molecular formula is C17H20N4O7S3. The summed E-state index contributed by atoms with van der Waals surface area (Å²) in [6.07, 6.45) is 0. The Morgan fingerprint density at radius 1 is 1.26 bits per heavy atom. The number of amides is 1. The smallest absolute Gasteiger partial charge is 0.316 e. The number of rotatable bonds is 9. The van der Waals surface area contributed by atoms with Crippen LogP contribution in [0.3, 0.4) is 0 Å². The molecule has 1 N–H and O–H groups in total. The van der Waals surface area contributed by atoms with Crippen molar-refractivity contribution in [1.82, 2.24) is 10.2 Å². The van der Waals surface area contributed by atoms with Crippen molar-refractivity contribution in [2.45, 2.75) is 11.3 Å². The Bertz CT molecular complexity index is 1060. The number of methoxy groups -OCH3 is 1. The van der Waals surface area contributed by atoms with Crippen LogP contribution in [0.15, 0.2) is 22.5 Å². The maximum Gasteiger partial charge on any atom is 0.316 e. The molecule has 1 aliphatic rings. The van der Waals surface area contributed by atoms with E-state index in [0.29, 0.717) is 29.1 Å². The molecule has 0 unspecified atom stereocenters. The van der Waals surface area contributed by atoms with Gasteiger partial charge in [0, 0.05) is 6.07 Å². The van der Waals surface area contributed by atoms with Crippen molar-refractivity contribution in [2.24, 2.45) is 0 Å². The van der Waals surface area contributed by atoms with Crippen molar-refractivity contribution >= 4 is 55.8 Å². The number of thioether (sulfide) groups is 1. The number of carbonyl (C=O) groups is 2. The first-order chi connectivity index (χ1) is 14.8. The number of ether oxygens (including phenoxy) is 3. The lowest BCUT2D eigenvalue weighted by molar-refractivity contribution is -0.137. The highest BCUT2D eigenvalue weighted by Crippen LogP contribution is 2.35. The van der Waals surface area contributed by atoms with Gasteiger partial charge >= 0.3 is 5.97 Å². The summed E-state index contributed by atoms with van der Waals surface area (Å²) in [5.41, 5.74) is 0.285. The first kappa shape index (κ1) is 23.1. The number of benzene rings is 1. The van der Waals surface area contributed by atoms with Gasteiger partial charge in [0.1, 0.15) is 19.8 Å². The predicted molar refractivity (Wildman–Crippen MR) is 116 cm³/mol. The lowest BCUT2D eigenvalue weighted by atomic mass is 10.2. The van der Waals surface area contributed by atoms with E-state index in [9.17, 15) is 18.0 Å². The van der Waals surface area contributed by atoms with Gasteiger partial charge in [-0.15, -0.1) is 10.2 Å². The second-order valence-corrected chi connectivity index (χ2v) is 10.4. The minimum atomic E-state index is -3.76. The van der Waals surface area contributed by atoms with E-state index in [4.69, 9.17) is 9.47 Å². The van der Waals surface area contributed by atoms with Crippen LogP contribution in [-0.2, 0) is 24.3 Å². The number of esters is 1. The molecular weight excluding hydrogens is 468 g/mol. The van der Waals surface area contributed by atoms with Gasteiger partial charge in [-0.2, -0.15) is 0 Å². The van der Waals surface area contributed by atoms with Crippen LogP contribution in [0.5, 0.6) is 11.5 Å². The lowest BCUT2D eigenvalue weighted by Crippen LogP contribution is -2.39. The predicted octanol–water partition coefficient (Wildman–Crippen LogP) is 1.37. The molecule has 0 spiro atoms. The maximum absolute atomic E-state index is 12.6. The molecule has 3 rings (SSSR count). The van der Waals surface area contributed by atoms with E-state index in [1.165, 1.54) is 20.1 Å². The summed E-state index contributed by atoms with van der Waals surface area (Å²) in [5.74, 6) is -0.206. The Kier molecular flexibility index (Phi) is 7.56. The number of nitrogens with one attached hydrogen (secondary N) is 1. The molecule has 0 radical (unpaired) electrons. The summed E-state index contributed by atoms with van der Waals surface area (Å²) in [7, 11) is -2.47. The molecule has 0 bridgehead atoms. The Morgan fingerprint density at radius 3 is 2.71 bits per heavy atom. The van der Waals surface area contributed by atoms with Crippen molar-refractivity contribution in [1.29, 1.82) is 0 Å². The second-order valence-electron chi connectivity index (χ2n) is 6.02. The third-order valence-corrected chi connectivity index (χ3v) is 7.68. The van der Waals surface area contributed by atoms with Crippen LogP contribution in [0.4, 0.5) is 10.8 Å². The van der Waals surface area contributed by atoms with Crippen LogP contribution in [0.1, 0.15) is 6.92 Å². The minimum absolute atomic E-state index is 0.0612. The first-order valence-electron chi connectivity index (χ1n) is 9.05. The van der Waals surface area contributed by atoms with Gasteiger partial charge in [0.15, 0.2) is 15.8 Å². The second kappa shape index (κ2) is 10.2. The SMILES string of the molecule is CCS(=O)(=O)N(CC(=O)Nc1nnc(SCC(=O)OC)s1)c1ccc2c(c1)OCCO2. The van der Waals surface area contributed by atoms with Gasteiger partial charge in [-0.25, -0.2) is 8.42 Å². The molecule has 0 saturated carbocycles. The molecule has 0 atom stereocenters. The first-order valence-corrected chi connectivity index (χ1v) is 12.5. The number of hydrogen-bond donors (Lipinski definition) is 1. The number of anilines is 2. The summed E-state index contributed by atoms with van der Waals surface area (Å²) < 4.78 is 42.3. The third-order valence-electron chi connectivity index (χ3n) is 4.00. The molecule has 0 saturated heterocycles. The molecule has 1 amide bonds. The van der Waals surface area contributed by atoms with E-state index in [1.807, 2.05) is 0 Å². The van der Waals surface area contributed by atoms with Crippen molar-refractivity contribution < 1.29 is 32.2 Å². The molecule has 1 aromatic heterocycles. The Morgan fingerprint density at radius 2 is 2.00 bits per heavy atom. The number of nitrogens with zero attached hydrogens (tertiary/aromatic N) is 3. The van der Waals surface area contributed by atoms with Gasteiger partial charge < -0.3 is 14.2 Å². The Balaban J connectivity index is 1.71. The van der Waals surface area contributed by atoms with Crippen molar-refractivity contribution in [3.8, 4) is 11.5 Å². The van der Waals surface area contributed by atoms with E-state index >= 15 is 0 Å². The van der Waals surface area contributed by atoms with Crippen LogP contribution < -0.4 is 19.1 Å². The molecule has 1 aromatic carbocycles. The molecule has 168 valence electrons. The molecule has 11 nitrogen and oxygen atoms in total. The van der Waals surface area contributed by atoms with E-state index in [0.717, 1.165) is 27.4 Å². The summed E-state index contributed by atoms with van der Waals surface area (Å²) >= 11 is 2.18. The van der Waals surface area contributed by atoms with Crippen LogP contribution in [0.25, 0.3) is 0 Å². The lowest BCUT2D eigenvalue weighted by Gasteiger charge is -2.25. The van der Waals surface area contributed by atoms with Crippen molar-refractivity contribution in [3.05, 3.63) is 18.2 Å². The minimum Gasteiger partial charge on any atom is -0.486 e. The van der Waals surface area contributed by atoms with Gasteiger partial charge in [0.25, 0.3) is 0 Å². The molecule has 2 heterocycles. The normalized spacial score (nSPS) is 12.8. The van der Waals surface area contributed by atoms with E-state index in [1.54, 1.807) is 12.1 Å². The van der Waals surface area contributed by atoms with Gasteiger partial charge in [-0.05, 0) is 19.1 Å². The van der Waals surface area contributed by atoms with Gasteiger partial charge in [-0.1, -0.05) is 23.1 Å². The summed E-state index contributed by atoms with van der Waals surface area (Å²) in [5, 5.41) is 10.4. The fourth-order valence-electron chi connectivity index (χ4n) is 2.48. The fourth-order valence-corrected chi connectivity index (χ4v) is 5.14. The largest absolute Gasteiger partial charge is 0.486 e. The maximum atomic E-state index is 12.6. The number of carbonyl (C=O) groups excluding carboxylic acids is 2. The zero-order valence-corrected chi connectivity index (χ0v) is 19.1. The summed E-state index contributed by atoms with van der Waals surface area (Å²) in [4.78, 5) is 23.8. The van der Waals surface area contributed by atoms with E-state index in [2.05, 4.69) is 20.3 Å². The number of hydrogen-bond acceptors (Lipinski definition) is 11. The van der Waals surface area contributed by atoms with Crippen molar-refractivity contribution in [2.75, 3.05) is 48.0 Å². The number of sulfonamides is 1. The molecule has 2 aromatic rings. The average molecular weight is 489 g/mol. The Hall–Kier alpha value is -2.58. The van der Waals surface area contributed by atoms with Crippen LogP contribution in [0.2, 0.25) is 0 Å². The molecule has 1 aliphatic heterocycles. The molecule has 0 fully saturated rings. The third kappa shape index (κ3) is 5.98. The van der Waals surface area contributed by atoms with Crippen LogP contribution >= 0.6 is 23.1 Å². The zero-order valence-electron chi connectivity index (χ0n) is 16.7. The monoisotopic (exact) mass is 488 g/mol. The number of fused-ring (bicyclic) bond motifs is 1. The van der Waals surface area contributed by atoms with Gasteiger partial charge in [0.2, 0.25) is 21.1 Å². The highest BCUT2D eigenvalue weighted by molar-refractivity contribution is 8.01. The summed E-state index contributed by atoms with van der Waals surface area (Å²) in [6, 6.07) is 4.69. The van der Waals surface area contributed by atoms with Gasteiger partial charge in [-0.3, -0.25) is 19.2 Å². The van der Waals surface area contributed by atoms with Gasteiger partial charge in [0.05, 0.1) is 24.3 Å². The molecule has 0 aliphatic carbocycles. The summed E-state index contributed by atoms with van der Waals surface area (Å²) in [6.45, 7) is 1.80. The van der Waals surface area contributed by atoms with Crippen LogP contribution in [-0.4, -0.2) is 68.9 Å². The van der Waals surface area contributed by atoms with E-state index in [-0.39, 0.29) is 22.3 Å².